The number of hydrogen-bond acceptors (Lipinski definition) is 4. The van der Waals surface area contributed by atoms with Crippen molar-refractivity contribution in [2.75, 3.05) is 31.3 Å². The lowest BCUT2D eigenvalue weighted by Crippen LogP contribution is -2.23. The number of ether oxygens (including phenoxy) is 1. The van der Waals surface area contributed by atoms with Gasteiger partial charge in [0, 0.05) is 25.0 Å². The van der Waals surface area contributed by atoms with E-state index in [1.54, 1.807) is 6.07 Å². The Hall–Kier alpha value is -1.71. The third-order valence-electron chi connectivity index (χ3n) is 2.86. The molecule has 0 bridgehead atoms. The number of anilines is 2. The van der Waals surface area contributed by atoms with Crippen LogP contribution in [0.5, 0.6) is 0 Å². The van der Waals surface area contributed by atoms with Crippen molar-refractivity contribution in [3.05, 3.63) is 23.3 Å². The van der Waals surface area contributed by atoms with Crippen molar-refractivity contribution < 1.29 is 9.53 Å². The predicted molar refractivity (Wildman–Crippen MR) is 75.0 cm³/mol. The van der Waals surface area contributed by atoms with E-state index in [1.165, 1.54) is 7.11 Å². The summed E-state index contributed by atoms with van der Waals surface area (Å²) in [5.74, 6) is 0.157. The summed E-state index contributed by atoms with van der Waals surface area (Å²) in [5.41, 5.74) is 8.71. The number of rotatable bonds is 4. The number of carbonyl (C=O) groups excluding carboxylic acids is 1. The van der Waals surface area contributed by atoms with E-state index in [9.17, 15) is 4.79 Å². The lowest BCUT2D eigenvalue weighted by atomic mass is 10.1. The van der Waals surface area contributed by atoms with Crippen molar-refractivity contribution in [3.63, 3.8) is 0 Å². The number of nitrogens with zero attached hydrogens (tertiary/aromatic N) is 1. The van der Waals surface area contributed by atoms with Crippen LogP contribution in [-0.4, -0.2) is 26.7 Å². The molecule has 0 saturated heterocycles. The van der Waals surface area contributed by atoms with E-state index in [1.807, 2.05) is 20.0 Å². The number of methoxy groups -OCH3 is 1. The molecule has 0 aromatic heterocycles. The van der Waals surface area contributed by atoms with Crippen LogP contribution in [0.3, 0.4) is 0 Å². The Bertz CT molecular complexity index is 442. The van der Waals surface area contributed by atoms with Crippen molar-refractivity contribution in [3.8, 4) is 0 Å². The maximum atomic E-state index is 11.7. The summed E-state index contributed by atoms with van der Waals surface area (Å²) in [6.45, 7) is 7.13. The molecule has 0 aliphatic carbocycles. The normalized spacial score (nSPS) is 10.6. The van der Waals surface area contributed by atoms with E-state index in [4.69, 9.17) is 10.5 Å². The molecule has 0 unspecified atom stereocenters. The molecule has 0 saturated carbocycles. The van der Waals surface area contributed by atoms with Gasteiger partial charge in [-0.3, -0.25) is 0 Å². The van der Waals surface area contributed by atoms with Crippen molar-refractivity contribution in [2.24, 2.45) is 5.92 Å². The van der Waals surface area contributed by atoms with Gasteiger partial charge < -0.3 is 15.4 Å². The highest BCUT2D eigenvalue weighted by molar-refractivity contribution is 5.97. The first-order valence-corrected chi connectivity index (χ1v) is 6.06. The van der Waals surface area contributed by atoms with Gasteiger partial charge >= 0.3 is 5.97 Å². The molecule has 1 rings (SSSR count). The van der Waals surface area contributed by atoms with Crippen molar-refractivity contribution in [2.45, 2.75) is 20.8 Å². The van der Waals surface area contributed by atoms with Gasteiger partial charge in [-0.2, -0.15) is 0 Å². The lowest BCUT2D eigenvalue weighted by molar-refractivity contribution is 0.0602. The molecule has 0 heterocycles. The Labute approximate surface area is 109 Å². The molecule has 1 aromatic rings. The Morgan fingerprint density at radius 2 is 2.06 bits per heavy atom. The first-order chi connectivity index (χ1) is 8.36. The molecule has 1 aromatic carbocycles. The van der Waals surface area contributed by atoms with Crippen LogP contribution in [0.25, 0.3) is 0 Å². The molecule has 0 aliphatic rings. The van der Waals surface area contributed by atoms with E-state index in [-0.39, 0.29) is 0 Å². The van der Waals surface area contributed by atoms with Gasteiger partial charge in [0.1, 0.15) is 0 Å². The molecule has 0 aliphatic heterocycles. The zero-order valence-corrected chi connectivity index (χ0v) is 11.8. The van der Waals surface area contributed by atoms with Crippen LogP contribution in [0.1, 0.15) is 29.8 Å². The molecular weight excluding hydrogens is 228 g/mol. The van der Waals surface area contributed by atoms with Crippen LogP contribution < -0.4 is 10.6 Å². The molecule has 18 heavy (non-hydrogen) atoms. The summed E-state index contributed by atoms with van der Waals surface area (Å²) in [5, 5.41) is 0. The standard InChI is InChI=1S/C14H22N2O2/c1-9(2)8-16(4)11-6-10(3)13(15)12(7-11)14(17)18-5/h6-7,9H,8,15H2,1-5H3. The van der Waals surface area contributed by atoms with E-state index in [2.05, 4.69) is 18.7 Å². The highest BCUT2D eigenvalue weighted by atomic mass is 16.5. The minimum Gasteiger partial charge on any atom is -0.465 e. The summed E-state index contributed by atoms with van der Waals surface area (Å²) in [7, 11) is 3.37. The van der Waals surface area contributed by atoms with Crippen LogP contribution in [0.2, 0.25) is 0 Å². The van der Waals surface area contributed by atoms with Crippen LogP contribution >= 0.6 is 0 Å². The molecule has 0 amide bonds. The number of hydrogen-bond donors (Lipinski definition) is 1. The van der Waals surface area contributed by atoms with Gasteiger partial charge in [-0.05, 0) is 30.5 Å². The maximum Gasteiger partial charge on any atom is 0.340 e. The van der Waals surface area contributed by atoms with Gasteiger partial charge in [0.25, 0.3) is 0 Å². The van der Waals surface area contributed by atoms with Gasteiger partial charge in [-0.1, -0.05) is 13.8 Å². The maximum absolute atomic E-state index is 11.7. The fraction of sp³-hybridized carbons (Fsp3) is 0.500. The fourth-order valence-corrected chi connectivity index (χ4v) is 1.93. The largest absolute Gasteiger partial charge is 0.465 e. The molecule has 4 heteroatoms. The van der Waals surface area contributed by atoms with Crippen LogP contribution in [0.15, 0.2) is 12.1 Å². The summed E-state index contributed by atoms with van der Waals surface area (Å²) >= 11 is 0. The van der Waals surface area contributed by atoms with E-state index in [0.717, 1.165) is 17.8 Å². The third kappa shape index (κ3) is 3.15. The first kappa shape index (κ1) is 14.4. The summed E-state index contributed by atoms with van der Waals surface area (Å²) in [6.07, 6.45) is 0. The molecule has 0 atom stereocenters. The Morgan fingerprint density at radius 1 is 1.44 bits per heavy atom. The molecule has 100 valence electrons. The van der Waals surface area contributed by atoms with Crippen LogP contribution in [-0.2, 0) is 4.74 Å². The smallest absolute Gasteiger partial charge is 0.340 e. The predicted octanol–water partition coefficient (Wildman–Crippen LogP) is 2.46. The molecule has 2 N–H and O–H groups in total. The van der Waals surface area contributed by atoms with Crippen LogP contribution in [0, 0.1) is 12.8 Å². The number of esters is 1. The number of nitrogen functional groups attached to an aromatic ring is 1. The van der Waals surface area contributed by atoms with Gasteiger partial charge in [-0.25, -0.2) is 4.79 Å². The van der Waals surface area contributed by atoms with E-state index in [0.29, 0.717) is 17.2 Å². The zero-order chi connectivity index (χ0) is 13.9. The van der Waals surface area contributed by atoms with E-state index >= 15 is 0 Å². The van der Waals surface area contributed by atoms with Crippen molar-refractivity contribution in [1.29, 1.82) is 0 Å². The summed E-state index contributed by atoms with van der Waals surface area (Å²) < 4.78 is 4.75. The average Bonchev–Trinajstić information content (AvgIpc) is 2.30. The van der Waals surface area contributed by atoms with Crippen molar-refractivity contribution in [1.82, 2.24) is 0 Å². The molecular formula is C14H22N2O2. The Kier molecular flexibility index (Phi) is 4.59. The fourth-order valence-electron chi connectivity index (χ4n) is 1.93. The minimum absolute atomic E-state index is 0.393. The lowest BCUT2D eigenvalue weighted by Gasteiger charge is -2.23. The second-order valence-electron chi connectivity index (χ2n) is 4.99. The Morgan fingerprint density at radius 3 is 2.56 bits per heavy atom. The van der Waals surface area contributed by atoms with Gasteiger partial charge in [0.15, 0.2) is 0 Å². The molecule has 0 spiro atoms. The SMILES string of the molecule is COC(=O)c1cc(N(C)CC(C)C)cc(C)c1N. The number of carbonyl (C=O) groups is 1. The first-order valence-electron chi connectivity index (χ1n) is 6.06. The second kappa shape index (κ2) is 5.76. The van der Waals surface area contributed by atoms with Gasteiger partial charge in [0.2, 0.25) is 0 Å². The molecule has 4 nitrogen and oxygen atoms in total. The molecule has 0 fully saturated rings. The second-order valence-corrected chi connectivity index (χ2v) is 4.99. The van der Waals surface area contributed by atoms with Crippen LogP contribution in [0.4, 0.5) is 11.4 Å². The minimum atomic E-state index is -0.393. The van der Waals surface area contributed by atoms with Gasteiger partial charge in [0.05, 0.1) is 12.7 Å². The Balaban J connectivity index is 3.15. The number of aryl methyl sites for hydroxylation is 1. The highest BCUT2D eigenvalue weighted by Crippen LogP contribution is 2.25. The number of nitrogens with two attached hydrogens (primary N) is 1. The molecule has 0 radical (unpaired) electrons. The van der Waals surface area contributed by atoms with Gasteiger partial charge in [-0.15, -0.1) is 0 Å². The quantitative estimate of drug-likeness (QED) is 0.659. The van der Waals surface area contributed by atoms with E-state index < -0.39 is 5.97 Å². The topological polar surface area (TPSA) is 55.6 Å². The monoisotopic (exact) mass is 250 g/mol. The zero-order valence-electron chi connectivity index (χ0n) is 11.8. The highest BCUT2D eigenvalue weighted by Gasteiger charge is 2.15. The summed E-state index contributed by atoms with van der Waals surface area (Å²) in [6, 6.07) is 3.78. The number of benzene rings is 1. The summed E-state index contributed by atoms with van der Waals surface area (Å²) in [4.78, 5) is 13.8. The average molecular weight is 250 g/mol. The third-order valence-corrected chi connectivity index (χ3v) is 2.86. The van der Waals surface area contributed by atoms with Crippen molar-refractivity contribution >= 4 is 17.3 Å².